The summed E-state index contributed by atoms with van der Waals surface area (Å²) in [4.78, 5) is 14.4. The summed E-state index contributed by atoms with van der Waals surface area (Å²) in [6.45, 7) is 0. The maximum atomic E-state index is 5.07. The van der Waals surface area contributed by atoms with Crippen molar-refractivity contribution in [3.63, 3.8) is 0 Å². The van der Waals surface area contributed by atoms with Crippen LogP contribution in [0.25, 0.3) is 67.3 Å². The van der Waals surface area contributed by atoms with Crippen LogP contribution in [0.1, 0.15) is 43.2 Å². The highest BCUT2D eigenvalue weighted by molar-refractivity contribution is 5.85. The molecule has 0 bridgehead atoms. The fourth-order valence-corrected chi connectivity index (χ4v) is 8.00. The van der Waals surface area contributed by atoms with E-state index in [0.717, 1.165) is 45.0 Å². The summed E-state index contributed by atoms with van der Waals surface area (Å²) in [7, 11) is 0. The normalized spacial score (nSPS) is 14.4. The van der Waals surface area contributed by atoms with Crippen LogP contribution in [-0.2, 0) is 5.41 Å². The van der Waals surface area contributed by atoms with Gasteiger partial charge in [-0.15, -0.1) is 0 Å². The van der Waals surface area contributed by atoms with Crippen LogP contribution >= 0.6 is 0 Å². The third-order valence-corrected chi connectivity index (χ3v) is 10.4. The minimum absolute atomic E-state index is 0.187. The Hall–Kier alpha value is -5.67. The van der Waals surface area contributed by atoms with Gasteiger partial charge in [-0.05, 0) is 75.5 Å². The van der Waals surface area contributed by atoms with Gasteiger partial charge in [-0.2, -0.15) is 0 Å². The number of aromatic nitrogens is 3. The number of rotatable bonds is 5. The number of pyridine rings is 1. The van der Waals surface area contributed by atoms with Gasteiger partial charge in [0.25, 0.3) is 0 Å². The van der Waals surface area contributed by atoms with E-state index in [9.17, 15) is 0 Å². The lowest BCUT2D eigenvalue weighted by molar-refractivity contribution is 0.353. The number of hydrogen-bond acceptors (Lipinski definition) is 3. The molecule has 2 aliphatic rings. The first-order valence-electron chi connectivity index (χ1n) is 17.1. The molecule has 0 N–H and O–H groups in total. The molecule has 2 aliphatic carbocycles. The van der Waals surface area contributed by atoms with Gasteiger partial charge in [0.15, 0.2) is 5.82 Å². The van der Waals surface area contributed by atoms with Gasteiger partial charge in [0.2, 0.25) is 0 Å². The molecule has 0 aliphatic heterocycles. The van der Waals surface area contributed by atoms with Crippen LogP contribution in [0.2, 0.25) is 0 Å². The Morgan fingerprint density at radius 2 is 1.00 bits per heavy atom. The van der Waals surface area contributed by atoms with Crippen LogP contribution in [0.5, 0.6) is 0 Å². The van der Waals surface area contributed by atoms with Gasteiger partial charge in [0, 0.05) is 34.5 Å². The van der Waals surface area contributed by atoms with E-state index < -0.39 is 0 Å². The summed E-state index contributed by atoms with van der Waals surface area (Å²) >= 11 is 0. The van der Waals surface area contributed by atoms with Gasteiger partial charge in [0.05, 0.1) is 11.4 Å². The van der Waals surface area contributed by atoms with Crippen LogP contribution in [0, 0.1) is 0 Å². The van der Waals surface area contributed by atoms with Crippen LogP contribution in [0.4, 0.5) is 0 Å². The minimum atomic E-state index is 0.187. The third-order valence-electron chi connectivity index (χ3n) is 10.4. The van der Waals surface area contributed by atoms with Gasteiger partial charge in [0.1, 0.15) is 0 Å². The van der Waals surface area contributed by atoms with Crippen LogP contribution < -0.4 is 0 Å². The number of benzene rings is 5. The zero-order valence-corrected chi connectivity index (χ0v) is 26.8. The lowest BCUT2D eigenvalue weighted by Gasteiger charge is -2.36. The average Bonchev–Trinajstić information content (AvgIpc) is 3.43. The molecule has 0 radical (unpaired) electrons. The number of hydrogen-bond donors (Lipinski definition) is 0. The SMILES string of the molecule is c1ccc(-c2nc(-c3ccc(-c4cccnc4)cc3)cc(-c3ccc(-c4ccc5c(c4)-c4ccccc4C54CCCCC4)cc3)n2)cc1. The van der Waals surface area contributed by atoms with E-state index in [4.69, 9.17) is 9.97 Å². The Kier molecular flexibility index (Phi) is 7.04. The highest BCUT2D eigenvalue weighted by atomic mass is 14.9. The molecule has 3 nitrogen and oxygen atoms in total. The summed E-state index contributed by atoms with van der Waals surface area (Å²) < 4.78 is 0. The Morgan fingerprint density at radius 1 is 0.417 bits per heavy atom. The van der Waals surface area contributed by atoms with Crippen molar-refractivity contribution in [2.24, 2.45) is 0 Å². The molecule has 2 aromatic heterocycles. The summed E-state index contributed by atoms with van der Waals surface area (Å²) in [5.41, 5.74) is 15.7. The molecule has 3 heteroatoms. The Balaban J connectivity index is 1.08. The second-order valence-corrected chi connectivity index (χ2v) is 13.2. The molecule has 0 atom stereocenters. The molecular formula is C45H35N3. The second-order valence-electron chi connectivity index (χ2n) is 13.2. The first-order valence-corrected chi connectivity index (χ1v) is 17.1. The van der Waals surface area contributed by atoms with Crippen LogP contribution in [0.3, 0.4) is 0 Å². The van der Waals surface area contributed by atoms with Gasteiger partial charge < -0.3 is 0 Å². The molecule has 48 heavy (non-hydrogen) atoms. The monoisotopic (exact) mass is 617 g/mol. The Bertz CT molecular complexity index is 2230. The predicted octanol–water partition coefficient (Wildman–Crippen LogP) is 11.4. The molecule has 1 spiro atoms. The molecule has 1 fully saturated rings. The van der Waals surface area contributed by atoms with Crippen molar-refractivity contribution in [2.75, 3.05) is 0 Å². The van der Waals surface area contributed by atoms with Crippen molar-refractivity contribution < 1.29 is 0 Å². The largest absolute Gasteiger partial charge is 0.264 e. The van der Waals surface area contributed by atoms with Crippen molar-refractivity contribution in [3.8, 4) is 67.3 Å². The number of nitrogens with zero attached hydrogens (tertiary/aromatic N) is 3. The van der Waals surface area contributed by atoms with Gasteiger partial charge in [-0.3, -0.25) is 4.98 Å². The van der Waals surface area contributed by atoms with E-state index in [1.807, 2.05) is 30.5 Å². The molecule has 1 saturated carbocycles. The van der Waals surface area contributed by atoms with E-state index in [1.165, 1.54) is 65.5 Å². The molecule has 5 aromatic carbocycles. The molecule has 0 amide bonds. The molecule has 9 rings (SSSR count). The summed E-state index contributed by atoms with van der Waals surface area (Å²) in [5, 5.41) is 0. The Labute approximate surface area is 282 Å². The van der Waals surface area contributed by atoms with Crippen molar-refractivity contribution in [3.05, 3.63) is 163 Å². The molecule has 0 saturated heterocycles. The van der Waals surface area contributed by atoms with E-state index in [2.05, 4.69) is 120 Å². The average molecular weight is 618 g/mol. The fraction of sp³-hybridized carbons (Fsp3) is 0.133. The van der Waals surface area contributed by atoms with Crippen molar-refractivity contribution in [1.82, 2.24) is 15.0 Å². The lowest BCUT2D eigenvalue weighted by atomic mass is 9.68. The smallest absolute Gasteiger partial charge is 0.160 e. The topological polar surface area (TPSA) is 38.7 Å². The quantitative estimate of drug-likeness (QED) is 0.193. The van der Waals surface area contributed by atoms with E-state index in [0.29, 0.717) is 0 Å². The Morgan fingerprint density at radius 3 is 1.69 bits per heavy atom. The fourth-order valence-electron chi connectivity index (χ4n) is 8.00. The van der Waals surface area contributed by atoms with Crippen LogP contribution in [-0.4, -0.2) is 15.0 Å². The standard InChI is InChI=1S/C45H35N3/c1-3-10-35(11-4-1)44-47-42(29-43(48-44)34-21-17-32(18-22-34)37-12-9-27-46-30-37)33-19-15-31(16-20-33)36-23-24-41-39(28-36)38-13-5-6-14-40(38)45(41)25-7-2-8-26-45/h1,3-6,9-24,27-30H,2,7-8,25-26H2. The summed E-state index contributed by atoms with van der Waals surface area (Å²) in [6, 6.07) is 50.1. The van der Waals surface area contributed by atoms with Crippen molar-refractivity contribution in [1.29, 1.82) is 0 Å². The molecule has 2 heterocycles. The zero-order valence-electron chi connectivity index (χ0n) is 26.8. The summed E-state index contributed by atoms with van der Waals surface area (Å²) in [6.07, 6.45) is 10.2. The van der Waals surface area contributed by atoms with Gasteiger partial charge >= 0.3 is 0 Å². The van der Waals surface area contributed by atoms with E-state index in [-0.39, 0.29) is 5.41 Å². The zero-order chi connectivity index (χ0) is 31.9. The van der Waals surface area contributed by atoms with E-state index >= 15 is 0 Å². The number of fused-ring (bicyclic) bond motifs is 5. The maximum Gasteiger partial charge on any atom is 0.160 e. The maximum absolute atomic E-state index is 5.07. The first kappa shape index (κ1) is 28.5. The third kappa shape index (κ3) is 4.94. The minimum Gasteiger partial charge on any atom is -0.264 e. The predicted molar refractivity (Wildman–Crippen MR) is 196 cm³/mol. The van der Waals surface area contributed by atoms with Crippen LogP contribution in [0.15, 0.2) is 152 Å². The highest BCUT2D eigenvalue weighted by Crippen LogP contribution is 2.56. The molecular weight excluding hydrogens is 583 g/mol. The highest BCUT2D eigenvalue weighted by Gasteiger charge is 2.43. The van der Waals surface area contributed by atoms with Gasteiger partial charge in [-0.25, -0.2) is 9.97 Å². The first-order chi connectivity index (χ1) is 23.7. The second kappa shape index (κ2) is 11.8. The van der Waals surface area contributed by atoms with Crippen molar-refractivity contribution in [2.45, 2.75) is 37.5 Å². The summed E-state index contributed by atoms with van der Waals surface area (Å²) in [5.74, 6) is 0.720. The molecule has 0 unspecified atom stereocenters. The van der Waals surface area contributed by atoms with Gasteiger partial charge in [-0.1, -0.05) is 141 Å². The van der Waals surface area contributed by atoms with Crippen molar-refractivity contribution >= 4 is 0 Å². The lowest BCUT2D eigenvalue weighted by Crippen LogP contribution is -2.27. The van der Waals surface area contributed by atoms with E-state index in [1.54, 1.807) is 6.20 Å². The molecule has 7 aromatic rings. The molecule has 230 valence electrons.